The standard InChI is InChI=1S/C16H28N4O2.HI/c1-17-16(18-7-6-13-4-5-13)20-10-8-19(9-11-20)15(21)14-3-2-12-22-14;/h13-14H,2-12H2,1H3,(H,17,18);1H. The van der Waals surface area contributed by atoms with Crippen LogP contribution >= 0.6 is 24.0 Å². The zero-order valence-corrected chi connectivity index (χ0v) is 16.3. The van der Waals surface area contributed by atoms with Gasteiger partial charge in [-0.25, -0.2) is 0 Å². The summed E-state index contributed by atoms with van der Waals surface area (Å²) in [5.74, 6) is 2.09. The number of rotatable bonds is 4. The van der Waals surface area contributed by atoms with Gasteiger partial charge in [-0.1, -0.05) is 12.8 Å². The van der Waals surface area contributed by atoms with Crippen molar-refractivity contribution in [2.45, 2.75) is 38.2 Å². The number of nitrogens with zero attached hydrogens (tertiary/aromatic N) is 3. The molecule has 0 aromatic carbocycles. The van der Waals surface area contributed by atoms with Crippen LogP contribution in [0.1, 0.15) is 32.1 Å². The largest absolute Gasteiger partial charge is 0.368 e. The maximum Gasteiger partial charge on any atom is 0.251 e. The van der Waals surface area contributed by atoms with Crippen molar-refractivity contribution in [3.63, 3.8) is 0 Å². The summed E-state index contributed by atoms with van der Waals surface area (Å²) in [6, 6.07) is 0. The van der Waals surface area contributed by atoms with Crippen LogP contribution in [0.25, 0.3) is 0 Å². The molecule has 2 saturated heterocycles. The molecule has 1 atom stereocenters. The van der Waals surface area contributed by atoms with E-state index in [1.807, 2.05) is 11.9 Å². The summed E-state index contributed by atoms with van der Waals surface area (Å²) in [6.07, 6.45) is 5.73. The highest BCUT2D eigenvalue weighted by atomic mass is 127. The number of carbonyl (C=O) groups is 1. The summed E-state index contributed by atoms with van der Waals surface area (Å²) in [6.45, 7) is 4.97. The van der Waals surface area contributed by atoms with Gasteiger partial charge in [-0.15, -0.1) is 24.0 Å². The van der Waals surface area contributed by atoms with Crippen molar-refractivity contribution in [3.05, 3.63) is 0 Å². The molecule has 1 aliphatic carbocycles. The van der Waals surface area contributed by atoms with E-state index in [0.29, 0.717) is 0 Å². The first-order chi connectivity index (χ1) is 10.8. The van der Waals surface area contributed by atoms with Crippen LogP contribution in [0.5, 0.6) is 0 Å². The number of aliphatic imine (C=N–C) groups is 1. The Bertz CT molecular complexity index is 414. The van der Waals surface area contributed by atoms with Crippen LogP contribution in [0.2, 0.25) is 0 Å². The Labute approximate surface area is 156 Å². The van der Waals surface area contributed by atoms with E-state index in [2.05, 4.69) is 15.2 Å². The van der Waals surface area contributed by atoms with Gasteiger partial charge in [0.15, 0.2) is 5.96 Å². The summed E-state index contributed by atoms with van der Waals surface area (Å²) < 4.78 is 5.50. The molecule has 0 bridgehead atoms. The molecule has 2 aliphatic heterocycles. The third kappa shape index (κ3) is 5.20. The molecule has 1 amide bonds. The Kier molecular flexibility index (Phi) is 7.39. The third-order valence-corrected chi connectivity index (χ3v) is 4.84. The second-order valence-corrected chi connectivity index (χ2v) is 6.52. The highest BCUT2D eigenvalue weighted by molar-refractivity contribution is 14.0. The third-order valence-electron chi connectivity index (χ3n) is 4.84. The Balaban J connectivity index is 0.00000192. The molecular formula is C16H29IN4O2. The molecule has 0 radical (unpaired) electrons. The molecule has 23 heavy (non-hydrogen) atoms. The van der Waals surface area contributed by atoms with E-state index < -0.39 is 0 Å². The number of halogens is 1. The van der Waals surface area contributed by atoms with E-state index in [9.17, 15) is 4.79 Å². The van der Waals surface area contributed by atoms with Crippen molar-refractivity contribution in [1.82, 2.24) is 15.1 Å². The Morgan fingerprint density at radius 1 is 1.17 bits per heavy atom. The topological polar surface area (TPSA) is 57.2 Å². The normalized spacial score (nSPS) is 25.3. The van der Waals surface area contributed by atoms with Crippen molar-refractivity contribution in [2.75, 3.05) is 46.4 Å². The minimum atomic E-state index is -0.192. The molecular weight excluding hydrogens is 407 g/mol. The predicted octanol–water partition coefficient (Wildman–Crippen LogP) is 1.30. The number of guanidine groups is 1. The van der Waals surface area contributed by atoms with Crippen LogP contribution in [0, 0.1) is 5.92 Å². The lowest BCUT2D eigenvalue weighted by atomic mass is 10.2. The predicted molar refractivity (Wildman–Crippen MR) is 101 cm³/mol. The van der Waals surface area contributed by atoms with Gasteiger partial charge < -0.3 is 19.9 Å². The molecule has 1 saturated carbocycles. The molecule has 7 heteroatoms. The van der Waals surface area contributed by atoms with E-state index in [-0.39, 0.29) is 36.0 Å². The number of hydrogen-bond donors (Lipinski definition) is 1. The van der Waals surface area contributed by atoms with Crippen LogP contribution in [0.3, 0.4) is 0 Å². The van der Waals surface area contributed by atoms with E-state index in [1.54, 1.807) is 0 Å². The van der Waals surface area contributed by atoms with Crippen molar-refractivity contribution in [3.8, 4) is 0 Å². The van der Waals surface area contributed by atoms with Gasteiger partial charge in [0.25, 0.3) is 5.91 Å². The summed E-state index contributed by atoms with van der Waals surface area (Å²) in [7, 11) is 1.84. The highest BCUT2D eigenvalue weighted by Crippen LogP contribution is 2.31. The zero-order valence-electron chi connectivity index (χ0n) is 14.0. The lowest BCUT2D eigenvalue weighted by molar-refractivity contribution is -0.142. The maximum atomic E-state index is 12.3. The van der Waals surface area contributed by atoms with Gasteiger partial charge in [0.2, 0.25) is 0 Å². The van der Waals surface area contributed by atoms with Gasteiger partial charge >= 0.3 is 0 Å². The minimum absolute atomic E-state index is 0. The lowest BCUT2D eigenvalue weighted by Crippen LogP contribution is -2.55. The molecule has 3 rings (SSSR count). The Morgan fingerprint density at radius 2 is 1.87 bits per heavy atom. The number of hydrogen-bond acceptors (Lipinski definition) is 3. The maximum absolute atomic E-state index is 12.3. The number of nitrogens with one attached hydrogen (secondary N) is 1. The molecule has 0 aromatic rings. The first-order valence-electron chi connectivity index (χ1n) is 8.64. The molecule has 0 aromatic heterocycles. The second kappa shape index (κ2) is 9.05. The Morgan fingerprint density at radius 3 is 2.43 bits per heavy atom. The van der Waals surface area contributed by atoms with Gasteiger partial charge in [0, 0.05) is 46.4 Å². The van der Waals surface area contributed by atoms with E-state index in [0.717, 1.165) is 64.0 Å². The zero-order chi connectivity index (χ0) is 15.4. The van der Waals surface area contributed by atoms with Gasteiger partial charge in [0.05, 0.1) is 0 Å². The average molecular weight is 436 g/mol. The first kappa shape index (κ1) is 18.8. The quantitative estimate of drug-likeness (QED) is 0.410. The lowest BCUT2D eigenvalue weighted by Gasteiger charge is -2.37. The molecule has 6 nitrogen and oxygen atoms in total. The molecule has 3 aliphatic rings. The van der Waals surface area contributed by atoms with Crippen molar-refractivity contribution in [2.24, 2.45) is 10.9 Å². The van der Waals surface area contributed by atoms with Gasteiger partial charge in [-0.05, 0) is 25.2 Å². The van der Waals surface area contributed by atoms with E-state index >= 15 is 0 Å². The summed E-state index contributed by atoms with van der Waals surface area (Å²) in [4.78, 5) is 20.9. The van der Waals surface area contributed by atoms with E-state index in [4.69, 9.17) is 4.74 Å². The summed E-state index contributed by atoms with van der Waals surface area (Å²) >= 11 is 0. The smallest absolute Gasteiger partial charge is 0.251 e. The SMILES string of the molecule is CN=C(NCCC1CC1)N1CCN(C(=O)C2CCCO2)CC1.I. The highest BCUT2D eigenvalue weighted by Gasteiger charge is 2.31. The van der Waals surface area contributed by atoms with Crippen molar-refractivity contribution >= 4 is 35.8 Å². The van der Waals surface area contributed by atoms with Crippen molar-refractivity contribution in [1.29, 1.82) is 0 Å². The summed E-state index contributed by atoms with van der Waals surface area (Å²) in [5.41, 5.74) is 0. The number of ether oxygens (including phenoxy) is 1. The van der Waals surface area contributed by atoms with Gasteiger partial charge in [-0.2, -0.15) is 0 Å². The van der Waals surface area contributed by atoms with Crippen LogP contribution in [-0.4, -0.2) is 74.1 Å². The molecule has 132 valence electrons. The van der Waals surface area contributed by atoms with Gasteiger partial charge in [-0.3, -0.25) is 9.79 Å². The fourth-order valence-electron chi connectivity index (χ4n) is 3.24. The number of carbonyl (C=O) groups excluding carboxylic acids is 1. The fourth-order valence-corrected chi connectivity index (χ4v) is 3.24. The first-order valence-corrected chi connectivity index (χ1v) is 8.64. The summed E-state index contributed by atoms with van der Waals surface area (Å²) in [5, 5.41) is 3.46. The van der Waals surface area contributed by atoms with Crippen molar-refractivity contribution < 1.29 is 9.53 Å². The molecule has 2 heterocycles. The van der Waals surface area contributed by atoms with Crippen LogP contribution in [0.15, 0.2) is 4.99 Å². The van der Waals surface area contributed by atoms with Crippen LogP contribution in [-0.2, 0) is 9.53 Å². The van der Waals surface area contributed by atoms with Gasteiger partial charge in [0.1, 0.15) is 6.10 Å². The molecule has 1 N–H and O–H groups in total. The van der Waals surface area contributed by atoms with E-state index in [1.165, 1.54) is 19.3 Å². The fraction of sp³-hybridized carbons (Fsp3) is 0.875. The second-order valence-electron chi connectivity index (χ2n) is 6.52. The molecule has 3 fully saturated rings. The monoisotopic (exact) mass is 436 g/mol. The Hall–Kier alpha value is -0.570. The molecule has 0 spiro atoms. The average Bonchev–Trinajstić information content (AvgIpc) is 3.22. The number of amides is 1. The van der Waals surface area contributed by atoms with Crippen LogP contribution < -0.4 is 5.32 Å². The minimum Gasteiger partial charge on any atom is -0.368 e. The number of piperazine rings is 1. The molecule has 1 unspecified atom stereocenters. The van der Waals surface area contributed by atoms with Crippen LogP contribution in [0.4, 0.5) is 0 Å².